The second kappa shape index (κ2) is 17.7. The zero-order valence-corrected chi connectivity index (χ0v) is 25.9. The molecule has 0 radical (unpaired) electrons. The predicted octanol–water partition coefficient (Wildman–Crippen LogP) is 6.42. The fourth-order valence-corrected chi connectivity index (χ4v) is 5.14. The Hall–Kier alpha value is -4.76. The zero-order chi connectivity index (χ0) is 31.8. The third-order valence-corrected chi connectivity index (χ3v) is 7.41. The molecule has 0 aliphatic heterocycles. The summed E-state index contributed by atoms with van der Waals surface area (Å²) in [6.45, 7) is 3.36. The molecule has 0 bridgehead atoms. The van der Waals surface area contributed by atoms with Crippen molar-refractivity contribution in [3.05, 3.63) is 120 Å². The van der Waals surface area contributed by atoms with Crippen molar-refractivity contribution in [1.29, 1.82) is 0 Å². The third kappa shape index (κ3) is 9.62. The Bertz CT molecular complexity index is 1650. The molecule has 46 heavy (non-hydrogen) atoms. The molecular formula is C38H40N2O6. The number of amides is 2. The molecule has 238 valence electrons. The van der Waals surface area contributed by atoms with Crippen LogP contribution in [0.25, 0.3) is 21.5 Å². The van der Waals surface area contributed by atoms with Crippen LogP contribution in [0.3, 0.4) is 0 Å². The van der Waals surface area contributed by atoms with Crippen molar-refractivity contribution in [3.63, 3.8) is 0 Å². The van der Waals surface area contributed by atoms with E-state index in [2.05, 4.69) is 16.7 Å². The van der Waals surface area contributed by atoms with Crippen molar-refractivity contribution < 1.29 is 28.5 Å². The Balaban J connectivity index is 0.952. The van der Waals surface area contributed by atoms with Gasteiger partial charge in [-0.25, -0.2) is 0 Å². The highest BCUT2D eigenvalue weighted by atomic mass is 16.6. The number of nitrogens with one attached hydrogen (secondary N) is 2. The van der Waals surface area contributed by atoms with Gasteiger partial charge in [0.2, 0.25) is 5.91 Å². The Labute approximate surface area is 269 Å². The van der Waals surface area contributed by atoms with Crippen LogP contribution in [0, 0.1) is 0 Å². The van der Waals surface area contributed by atoms with Crippen molar-refractivity contribution >= 4 is 39.0 Å². The van der Waals surface area contributed by atoms with Crippen LogP contribution in [0.4, 0.5) is 5.69 Å². The summed E-state index contributed by atoms with van der Waals surface area (Å²) in [5.41, 5.74) is 2.39. The van der Waals surface area contributed by atoms with Gasteiger partial charge in [0.15, 0.2) is 0 Å². The van der Waals surface area contributed by atoms with E-state index in [0.717, 1.165) is 33.5 Å². The number of para-hydroxylation sites is 2. The van der Waals surface area contributed by atoms with Crippen molar-refractivity contribution in [2.45, 2.75) is 12.8 Å². The lowest BCUT2D eigenvalue weighted by Gasteiger charge is -2.15. The van der Waals surface area contributed by atoms with Crippen LogP contribution in [0.15, 0.2) is 109 Å². The number of hydrogen-bond acceptors (Lipinski definition) is 6. The molecule has 2 amide bonds. The van der Waals surface area contributed by atoms with Gasteiger partial charge in [0.25, 0.3) is 5.91 Å². The fourth-order valence-electron chi connectivity index (χ4n) is 5.14. The third-order valence-electron chi connectivity index (χ3n) is 7.41. The van der Waals surface area contributed by atoms with E-state index in [-0.39, 0.29) is 11.8 Å². The summed E-state index contributed by atoms with van der Waals surface area (Å²) in [6.07, 6.45) is 1.19. The van der Waals surface area contributed by atoms with E-state index in [9.17, 15) is 9.59 Å². The van der Waals surface area contributed by atoms with Gasteiger partial charge in [-0.1, -0.05) is 91.0 Å². The Morgan fingerprint density at radius 1 is 0.587 bits per heavy atom. The van der Waals surface area contributed by atoms with Gasteiger partial charge in [0.1, 0.15) is 12.4 Å². The number of carbonyl (C=O) groups excluding carboxylic acids is 2. The minimum atomic E-state index is -0.190. The van der Waals surface area contributed by atoms with Gasteiger partial charge in [-0.3, -0.25) is 9.59 Å². The van der Waals surface area contributed by atoms with Crippen LogP contribution < -0.4 is 15.4 Å². The lowest BCUT2D eigenvalue weighted by molar-refractivity contribution is -0.121. The Kier molecular flexibility index (Phi) is 12.5. The number of anilines is 1. The molecule has 0 unspecified atom stereocenters. The van der Waals surface area contributed by atoms with Gasteiger partial charge < -0.3 is 29.6 Å². The molecule has 2 N–H and O–H groups in total. The van der Waals surface area contributed by atoms with Crippen LogP contribution in [-0.4, -0.2) is 64.6 Å². The summed E-state index contributed by atoms with van der Waals surface area (Å²) < 4.78 is 22.7. The number of ether oxygens (including phenoxy) is 4. The van der Waals surface area contributed by atoms with Crippen LogP contribution in [0.5, 0.6) is 5.75 Å². The summed E-state index contributed by atoms with van der Waals surface area (Å²) in [5.74, 6) is 0.405. The first-order chi connectivity index (χ1) is 22.7. The van der Waals surface area contributed by atoms with Crippen molar-refractivity contribution in [2.75, 3.05) is 58.1 Å². The molecule has 8 nitrogen and oxygen atoms in total. The SMILES string of the molecule is O=C(CCc1ccccc1)NCCOCCOCCOCCOc1ccccc1NC(=O)c1c2ccccc2cc2ccccc12. The van der Waals surface area contributed by atoms with Gasteiger partial charge >= 0.3 is 0 Å². The lowest BCUT2D eigenvalue weighted by atomic mass is 9.96. The summed E-state index contributed by atoms with van der Waals surface area (Å²) in [6, 6.07) is 35.3. The van der Waals surface area contributed by atoms with Gasteiger partial charge in [0, 0.05) is 13.0 Å². The maximum Gasteiger partial charge on any atom is 0.257 e. The normalized spacial score (nSPS) is 11.0. The number of aryl methyl sites for hydroxylation is 1. The molecule has 0 spiro atoms. The molecule has 0 aliphatic carbocycles. The second-order valence-electron chi connectivity index (χ2n) is 10.7. The molecule has 5 aromatic rings. The number of benzene rings is 5. The van der Waals surface area contributed by atoms with E-state index in [0.29, 0.717) is 76.2 Å². The molecule has 0 heterocycles. The summed E-state index contributed by atoms with van der Waals surface area (Å²) in [5, 5.41) is 9.77. The van der Waals surface area contributed by atoms with Crippen LogP contribution >= 0.6 is 0 Å². The van der Waals surface area contributed by atoms with Crippen molar-refractivity contribution in [1.82, 2.24) is 5.32 Å². The van der Waals surface area contributed by atoms with E-state index < -0.39 is 0 Å². The van der Waals surface area contributed by atoms with Gasteiger partial charge in [0.05, 0.1) is 50.9 Å². The molecular weight excluding hydrogens is 580 g/mol. The molecule has 0 aromatic heterocycles. The van der Waals surface area contributed by atoms with E-state index in [1.165, 1.54) is 0 Å². The number of fused-ring (bicyclic) bond motifs is 2. The lowest BCUT2D eigenvalue weighted by Crippen LogP contribution is -2.27. The molecule has 0 saturated heterocycles. The molecule has 0 aliphatic rings. The number of hydrogen-bond donors (Lipinski definition) is 2. The van der Waals surface area contributed by atoms with Gasteiger partial charge in [-0.05, 0) is 51.7 Å². The standard InChI is InChI=1S/C38H40N2O6/c41-36(19-18-29-10-2-1-3-11-29)39-20-21-43-22-23-44-24-25-45-26-27-46-35-17-9-8-16-34(35)40-38(42)37-32-14-6-4-12-30(32)28-31-13-5-7-15-33(31)37/h1-17,28H,18-27H2,(H,39,41)(H,40,42). The van der Waals surface area contributed by atoms with E-state index in [1.807, 2.05) is 103 Å². The van der Waals surface area contributed by atoms with Crippen LogP contribution in [0.1, 0.15) is 22.3 Å². The van der Waals surface area contributed by atoms with Gasteiger partial charge in [-0.2, -0.15) is 0 Å². The average molecular weight is 621 g/mol. The smallest absolute Gasteiger partial charge is 0.257 e. The highest BCUT2D eigenvalue weighted by molar-refractivity contribution is 6.22. The minimum absolute atomic E-state index is 0.0210. The summed E-state index contributed by atoms with van der Waals surface area (Å²) in [4.78, 5) is 25.6. The van der Waals surface area contributed by atoms with E-state index in [4.69, 9.17) is 18.9 Å². The average Bonchev–Trinajstić information content (AvgIpc) is 3.09. The molecule has 0 fully saturated rings. The Morgan fingerprint density at radius 2 is 1.15 bits per heavy atom. The first kappa shape index (κ1) is 32.6. The predicted molar refractivity (Wildman–Crippen MR) is 182 cm³/mol. The fraction of sp³-hybridized carbons (Fsp3) is 0.263. The van der Waals surface area contributed by atoms with E-state index >= 15 is 0 Å². The zero-order valence-electron chi connectivity index (χ0n) is 25.9. The highest BCUT2D eigenvalue weighted by Crippen LogP contribution is 2.31. The van der Waals surface area contributed by atoms with Crippen molar-refractivity contribution in [3.8, 4) is 5.75 Å². The quantitative estimate of drug-likeness (QED) is 0.0867. The topological polar surface area (TPSA) is 95.1 Å². The van der Waals surface area contributed by atoms with E-state index in [1.54, 1.807) is 0 Å². The largest absolute Gasteiger partial charge is 0.489 e. The molecule has 0 saturated carbocycles. The maximum absolute atomic E-state index is 13.6. The van der Waals surface area contributed by atoms with Crippen molar-refractivity contribution in [2.24, 2.45) is 0 Å². The Morgan fingerprint density at radius 3 is 1.85 bits per heavy atom. The first-order valence-corrected chi connectivity index (χ1v) is 15.7. The second-order valence-corrected chi connectivity index (χ2v) is 10.7. The first-order valence-electron chi connectivity index (χ1n) is 15.7. The highest BCUT2D eigenvalue weighted by Gasteiger charge is 2.16. The minimum Gasteiger partial charge on any atom is -0.489 e. The number of carbonyl (C=O) groups is 2. The molecule has 8 heteroatoms. The number of rotatable bonds is 18. The molecule has 5 aromatic carbocycles. The molecule has 5 rings (SSSR count). The summed E-state index contributed by atoms with van der Waals surface area (Å²) in [7, 11) is 0. The van der Waals surface area contributed by atoms with Gasteiger partial charge in [-0.15, -0.1) is 0 Å². The van der Waals surface area contributed by atoms with Crippen LogP contribution in [-0.2, 0) is 25.4 Å². The van der Waals surface area contributed by atoms with Crippen LogP contribution in [0.2, 0.25) is 0 Å². The summed E-state index contributed by atoms with van der Waals surface area (Å²) >= 11 is 0. The molecule has 0 atom stereocenters. The monoisotopic (exact) mass is 620 g/mol. The maximum atomic E-state index is 13.6.